The summed E-state index contributed by atoms with van der Waals surface area (Å²) in [6.45, 7) is 2.85. The lowest BCUT2D eigenvalue weighted by Gasteiger charge is -2.31. The van der Waals surface area contributed by atoms with Crippen molar-refractivity contribution in [2.75, 3.05) is 18.4 Å². The van der Waals surface area contributed by atoms with Crippen LogP contribution in [0.1, 0.15) is 29.0 Å². The van der Waals surface area contributed by atoms with Crippen molar-refractivity contribution in [2.45, 2.75) is 19.8 Å². The first-order valence-corrected chi connectivity index (χ1v) is 8.41. The number of hydrogen-bond donors (Lipinski definition) is 1. The van der Waals surface area contributed by atoms with Gasteiger partial charge in [0.15, 0.2) is 0 Å². The van der Waals surface area contributed by atoms with Crippen LogP contribution in [0.25, 0.3) is 0 Å². The number of amides is 2. The lowest BCUT2D eigenvalue weighted by atomic mass is 9.95. The molecule has 0 bridgehead atoms. The van der Waals surface area contributed by atoms with Gasteiger partial charge in [0.2, 0.25) is 5.91 Å². The van der Waals surface area contributed by atoms with Crippen LogP contribution < -0.4 is 5.32 Å². The molecule has 1 saturated heterocycles. The van der Waals surface area contributed by atoms with Gasteiger partial charge in [-0.1, -0.05) is 11.6 Å². The molecule has 1 N–H and O–H groups in total. The molecule has 2 amide bonds. The van der Waals surface area contributed by atoms with E-state index in [1.807, 2.05) is 6.92 Å². The Kier molecular flexibility index (Phi) is 5.23. The van der Waals surface area contributed by atoms with E-state index in [0.29, 0.717) is 42.5 Å². The van der Waals surface area contributed by atoms with E-state index in [1.165, 1.54) is 12.4 Å². The zero-order chi connectivity index (χ0) is 17.8. The second-order valence-electron chi connectivity index (χ2n) is 5.96. The Labute approximate surface area is 150 Å². The van der Waals surface area contributed by atoms with E-state index in [2.05, 4.69) is 20.3 Å². The lowest BCUT2D eigenvalue weighted by molar-refractivity contribution is -0.121. The second kappa shape index (κ2) is 7.57. The molecule has 130 valence electrons. The number of carbonyl (C=O) groups excluding carboxylic acids is 2. The third-order valence-corrected chi connectivity index (χ3v) is 4.36. The van der Waals surface area contributed by atoms with E-state index in [1.54, 1.807) is 23.2 Å². The van der Waals surface area contributed by atoms with Crippen LogP contribution in [0.15, 0.2) is 30.7 Å². The highest BCUT2D eigenvalue weighted by atomic mass is 35.5. The maximum Gasteiger partial charge on any atom is 0.274 e. The van der Waals surface area contributed by atoms with Crippen molar-refractivity contribution < 1.29 is 9.59 Å². The number of carbonyl (C=O) groups is 2. The first-order valence-electron chi connectivity index (χ1n) is 8.03. The molecule has 0 atom stereocenters. The van der Waals surface area contributed by atoms with Crippen molar-refractivity contribution in [3.8, 4) is 0 Å². The van der Waals surface area contributed by atoms with E-state index >= 15 is 0 Å². The van der Waals surface area contributed by atoms with Gasteiger partial charge in [-0.3, -0.25) is 14.6 Å². The molecular weight excluding hydrogens is 342 g/mol. The molecule has 3 rings (SSSR count). The second-order valence-corrected chi connectivity index (χ2v) is 6.40. The lowest BCUT2D eigenvalue weighted by Crippen LogP contribution is -2.41. The molecule has 0 unspecified atom stereocenters. The molecule has 0 spiro atoms. The first-order chi connectivity index (χ1) is 12.0. The minimum absolute atomic E-state index is 0.0861. The molecule has 2 aromatic heterocycles. The summed E-state index contributed by atoms with van der Waals surface area (Å²) >= 11 is 5.78. The van der Waals surface area contributed by atoms with Crippen LogP contribution >= 0.6 is 11.6 Å². The normalized spacial score (nSPS) is 15.0. The Morgan fingerprint density at radius 1 is 1.12 bits per heavy atom. The molecule has 1 fully saturated rings. The van der Waals surface area contributed by atoms with Crippen LogP contribution in [-0.4, -0.2) is 44.8 Å². The van der Waals surface area contributed by atoms with Gasteiger partial charge in [0.1, 0.15) is 11.5 Å². The molecule has 0 radical (unpaired) electrons. The molecule has 7 nitrogen and oxygen atoms in total. The fraction of sp³-hybridized carbons (Fsp3) is 0.353. The van der Waals surface area contributed by atoms with Crippen molar-refractivity contribution in [1.29, 1.82) is 0 Å². The van der Waals surface area contributed by atoms with Crippen molar-refractivity contribution >= 4 is 29.2 Å². The Morgan fingerprint density at radius 3 is 2.48 bits per heavy atom. The molecule has 1 aliphatic heterocycles. The summed E-state index contributed by atoms with van der Waals surface area (Å²) in [7, 11) is 0. The third-order valence-electron chi connectivity index (χ3n) is 4.13. The van der Waals surface area contributed by atoms with Crippen LogP contribution in [0.5, 0.6) is 0 Å². The summed E-state index contributed by atoms with van der Waals surface area (Å²) < 4.78 is 0. The predicted octanol–water partition coefficient (Wildman–Crippen LogP) is 2.32. The maximum absolute atomic E-state index is 12.4. The molecule has 0 saturated carbocycles. The third kappa shape index (κ3) is 4.30. The summed E-state index contributed by atoms with van der Waals surface area (Å²) in [5.41, 5.74) is 1.10. The molecule has 0 aliphatic carbocycles. The van der Waals surface area contributed by atoms with Crippen LogP contribution in [0, 0.1) is 12.8 Å². The summed E-state index contributed by atoms with van der Waals surface area (Å²) in [4.78, 5) is 38.7. The van der Waals surface area contributed by atoms with Gasteiger partial charge >= 0.3 is 0 Å². The van der Waals surface area contributed by atoms with E-state index < -0.39 is 0 Å². The maximum atomic E-state index is 12.4. The van der Waals surface area contributed by atoms with Crippen LogP contribution in [0.2, 0.25) is 5.02 Å². The number of aromatic nitrogens is 3. The van der Waals surface area contributed by atoms with Gasteiger partial charge in [-0.2, -0.15) is 0 Å². The summed E-state index contributed by atoms with van der Waals surface area (Å²) in [5, 5.41) is 3.30. The molecule has 2 aromatic rings. The first kappa shape index (κ1) is 17.3. The topological polar surface area (TPSA) is 88.1 Å². The fourth-order valence-electron chi connectivity index (χ4n) is 2.69. The molecule has 3 heterocycles. The largest absolute Gasteiger partial charge is 0.337 e. The van der Waals surface area contributed by atoms with Gasteiger partial charge in [-0.25, -0.2) is 9.97 Å². The van der Waals surface area contributed by atoms with E-state index in [9.17, 15) is 9.59 Å². The number of halogens is 1. The Bertz CT molecular complexity index is 756. The number of likely N-dealkylation sites (tertiary alicyclic amines) is 1. The zero-order valence-corrected chi connectivity index (χ0v) is 14.5. The van der Waals surface area contributed by atoms with E-state index in [-0.39, 0.29) is 17.7 Å². The highest BCUT2D eigenvalue weighted by Gasteiger charge is 2.28. The monoisotopic (exact) mass is 359 g/mol. The number of aryl methyl sites for hydroxylation is 1. The van der Waals surface area contributed by atoms with E-state index in [4.69, 9.17) is 11.6 Å². The highest BCUT2D eigenvalue weighted by molar-refractivity contribution is 6.30. The van der Waals surface area contributed by atoms with E-state index in [0.717, 1.165) is 5.69 Å². The molecule has 0 aromatic carbocycles. The molecule has 8 heteroatoms. The van der Waals surface area contributed by atoms with Crippen LogP contribution in [0.4, 0.5) is 5.82 Å². The fourth-order valence-corrected chi connectivity index (χ4v) is 2.80. The van der Waals surface area contributed by atoms with Gasteiger partial charge in [-0.05, 0) is 31.9 Å². The zero-order valence-electron chi connectivity index (χ0n) is 13.8. The Hall–Kier alpha value is -2.54. The highest BCUT2D eigenvalue weighted by Crippen LogP contribution is 2.20. The number of nitrogens with one attached hydrogen (secondary N) is 1. The number of nitrogens with zero attached hydrogens (tertiary/aromatic N) is 4. The molecule has 1 aliphatic rings. The number of piperidine rings is 1. The Morgan fingerprint density at radius 2 is 1.88 bits per heavy atom. The average molecular weight is 360 g/mol. The van der Waals surface area contributed by atoms with Gasteiger partial charge < -0.3 is 10.2 Å². The van der Waals surface area contributed by atoms with Crippen molar-refractivity contribution in [3.63, 3.8) is 0 Å². The number of rotatable bonds is 3. The van der Waals surface area contributed by atoms with Crippen LogP contribution in [0.3, 0.4) is 0 Å². The number of anilines is 1. The standard InChI is InChI=1S/C17H18ClN5O2/c1-11-8-20-14(10-19-11)17(25)23-6-4-12(5-7-23)16(24)22-15-3-2-13(18)9-21-15/h2-3,8-10,12H,4-7H2,1H3,(H,21,22,24). The van der Waals surface area contributed by atoms with Crippen molar-refractivity contribution in [2.24, 2.45) is 5.92 Å². The smallest absolute Gasteiger partial charge is 0.274 e. The predicted molar refractivity (Wildman–Crippen MR) is 93.3 cm³/mol. The quantitative estimate of drug-likeness (QED) is 0.908. The van der Waals surface area contributed by atoms with Crippen LogP contribution in [-0.2, 0) is 4.79 Å². The minimum atomic E-state index is -0.148. The number of pyridine rings is 1. The molecule has 25 heavy (non-hydrogen) atoms. The van der Waals surface area contributed by atoms with Gasteiger partial charge in [-0.15, -0.1) is 0 Å². The van der Waals surface area contributed by atoms with Gasteiger partial charge in [0.05, 0.1) is 16.9 Å². The average Bonchev–Trinajstić information content (AvgIpc) is 2.64. The summed E-state index contributed by atoms with van der Waals surface area (Å²) in [5.74, 6) is 0.0937. The minimum Gasteiger partial charge on any atom is -0.337 e. The number of hydrogen-bond acceptors (Lipinski definition) is 5. The summed E-state index contributed by atoms with van der Waals surface area (Å²) in [6, 6.07) is 3.34. The van der Waals surface area contributed by atoms with Crippen molar-refractivity contribution in [1.82, 2.24) is 19.9 Å². The summed E-state index contributed by atoms with van der Waals surface area (Å²) in [6.07, 6.45) is 5.76. The van der Waals surface area contributed by atoms with Crippen molar-refractivity contribution in [3.05, 3.63) is 47.1 Å². The van der Waals surface area contributed by atoms with Gasteiger partial charge in [0, 0.05) is 31.4 Å². The SMILES string of the molecule is Cc1cnc(C(=O)N2CCC(C(=O)Nc3ccc(Cl)cn3)CC2)cn1. The van der Waals surface area contributed by atoms with Gasteiger partial charge in [0.25, 0.3) is 5.91 Å². The molecular formula is C17H18ClN5O2. The Balaban J connectivity index is 1.54.